The molecule has 0 fully saturated rings. The molecule has 0 aliphatic carbocycles. The number of aromatic nitrogens is 1. The van der Waals surface area contributed by atoms with Gasteiger partial charge in [-0.05, 0) is 23.6 Å². The van der Waals surface area contributed by atoms with Crippen LogP contribution in [0.4, 0.5) is 0 Å². The number of hydrogen-bond donors (Lipinski definition) is 0. The van der Waals surface area contributed by atoms with Crippen LogP contribution in [-0.2, 0) is 17.8 Å². The second kappa shape index (κ2) is 4.01. The van der Waals surface area contributed by atoms with Gasteiger partial charge in [-0.15, -0.1) is 0 Å². The van der Waals surface area contributed by atoms with Crippen LogP contribution in [0.3, 0.4) is 0 Å². The molecule has 0 aromatic carbocycles. The molecule has 1 aromatic rings. The number of pyridine rings is 1. The Morgan fingerprint density at radius 2 is 2.27 bits per heavy atom. The molecule has 80 valence electrons. The molecule has 2 rings (SSSR count). The van der Waals surface area contributed by atoms with Crippen molar-refractivity contribution in [3.63, 3.8) is 0 Å². The van der Waals surface area contributed by atoms with E-state index < -0.39 is 0 Å². The van der Waals surface area contributed by atoms with E-state index in [4.69, 9.17) is 0 Å². The zero-order valence-electron chi connectivity index (χ0n) is 9.23. The molecule has 0 radical (unpaired) electrons. The molecule has 3 heteroatoms. The van der Waals surface area contributed by atoms with Gasteiger partial charge in [-0.2, -0.15) is 0 Å². The summed E-state index contributed by atoms with van der Waals surface area (Å²) in [6.45, 7) is 5.47. The van der Waals surface area contributed by atoms with Crippen LogP contribution in [0.2, 0.25) is 0 Å². The molecule has 0 saturated carbocycles. The van der Waals surface area contributed by atoms with Crippen LogP contribution in [0.25, 0.3) is 0 Å². The monoisotopic (exact) mass is 204 g/mol. The Morgan fingerprint density at radius 1 is 1.47 bits per heavy atom. The molecular formula is C12H16N2O. The standard InChI is InChI=1S/C12H16N2O/c1-9(2)12(15)14-6-4-10-7-13-5-3-11(10)8-14/h3,5,7,9H,4,6,8H2,1-2H3. The van der Waals surface area contributed by atoms with Crippen LogP contribution in [0.5, 0.6) is 0 Å². The van der Waals surface area contributed by atoms with Gasteiger partial charge < -0.3 is 4.90 Å². The van der Waals surface area contributed by atoms with Crippen LogP contribution in [0.1, 0.15) is 25.0 Å². The van der Waals surface area contributed by atoms with Crippen LogP contribution in [-0.4, -0.2) is 22.3 Å². The topological polar surface area (TPSA) is 33.2 Å². The van der Waals surface area contributed by atoms with Crippen molar-refractivity contribution >= 4 is 5.91 Å². The van der Waals surface area contributed by atoms with Crippen molar-refractivity contribution in [2.75, 3.05) is 6.54 Å². The van der Waals surface area contributed by atoms with Crippen LogP contribution in [0.15, 0.2) is 18.5 Å². The summed E-state index contributed by atoms with van der Waals surface area (Å²) in [5, 5.41) is 0. The molecule has 0 atom stereocenters. The molecule has 1 aliphatic rings. The Bertz CT molecular complexity index is 374. The number of carbonyl (C=O) groups excluding carboxylic acids is 1. The number of carbonyl (C=O) groups is 1. The van der Waals surface area contributed by atoms with E-state index in [1.807, 2.05) is 31.0 Å². The molecule has 15 heavy (non-hydrogen) atoms. The van der Waals surface area contributed by atoms with Crippen molar-refractivity contribution in [2.45, 2.75) is 26.8 Å². The van der Waals surface area contributed by atoms with E-state index in [1.165, 1.54) is 11.1 Å². The highest BCUT2D eigenvalue weighted by molar-refractivity contribution is 5.78. The largest absolute Gasteiger partial charge is 0.338 e. The van der Waals surface area contributed by atoms with Crippen molar-refractivity contribution in [3.8, 4) is 0 Å². The SMILES string of the molecule is CC(C)C(=O)N1CCc2cnccc2C1. The third-order valence-corrected chi connectivity index (χ3v) is 2.82. The van der Waals surface area contributed by atoms with Crippen molar-refractivity contribution < 1.29 is 4.79 Å². The minimum absolute atomic E-state index is 0.0911. The Kier molecular flexibility index (Phi) is 2.71. The maximum atomic E-state index is 11.8. The predicted octanol–water partition coefficient (Wildman–Crippen LogP) is 1.62. The van der Waals surface area contributed by atoms with E-state index in [2.05, 4.69) is 4.98 Å². The lowest BCUT2D eigenvalue weighted by Gasteiger charge is -2.29. The van der Waals surface area contributed by atoms with E-state index in [1.54, 1.807) is 6.20 Å². The summed E-state index contributed by atoms with van der Waals surface area (Å²) in [7, 11) is 0. The van der Waals surface area contributed by atoms with Crippen molar-refractivity contribution in [2.24, 2.45) is 5.92 Å². The lowest BCUT2D eigenvalue weighted by atomic mass is 10.0. The number of nitrogens with zero attached hydrogens (tertiary/aromatic N) is 2. The van der Waals surface area contributed by atoms with Crippen LogP contribution >= 0.6 is 0 Å². The lowest BCUT2D eigenvalue weighted by Crippen LogP contribution is -2.38. The van der Waals surface area contributed by atoms with Gasteiger partial charge in [0.2, 0.25) is 5.91 Å². The summed E-state index contributed by atoms with van der Waals surface area (Å²) in [6, 6.07) is 2.01. The third kappa shape index (κ3) is 2.01. The number of amides is 1. The fraction of sp³-hybridized carbons (Fsp3) is 0.500. The van der Waals surface area contributed by atoms with Gasteiger partial charge in [0.25, 0.3) is 0 Å². The van der Waals surface area contributed by atoms with Crippen LogP contribution < -0.4 is 0 Å². The zero-order valence-corrected chi connectivity index (χ0v) is 9.23. The molecule has 0 N–H and O–H groups in total. The third-order valence-electron chi connectivity index (χ3n) is 2.82. The zero-order chi connectivity index (χ0) is 10.8. The van der Waals surface area contributed by atoms with Crippen LogP contribution in [0, 0.1) is 5.92 Å². The highest BCUT2D eigenvalue weighted by atomic mass is 16.2. The van der Waals surface area contributed by atoms with Crippen molar-refractivity contribution in [3.05, 3.63) is 29.6 Å². The van der Waals surface area contributed by atoms with Gasteiger partial charge in [0.05, 0.1) is 0 Å². The quantitative estimate of drug-likeness (QED) is 0.696. The maximum absolute atomic E-state index is 11.8. The van der Waals surface area contributed by atoms with E-state index >= 15 is 0 Å². The molecular weight excluding hydrogens is 188 g/mol. The van der Waals surface area contributed by atoms with Gasteiger partial charge in [-0.1, -0.05) is 13.8 Å². The highest BCUT2D eigenvalue weighted by Crippen LogP contribution is 2.18. The maximum Gasteiger partial charge on any atom is 0.225 e. The van der Waals surface area contributed by atoms with Gasteiger partial charge in [0.15, 0.2) is 0 Å². The normalized spacial score (nSPS) is 15.3. The van der Waals surface area contributed by atoms with E-state index in [-0.39, 0.29) is 11.8 Å². The van der Waals surface area contributed by atoms with E-state index in [0.717, 1.165) is 19.5 Å². The van der Waals surface area contributed by atoms with Crippen molar-refractivity contribution in [1.29, 1.82) is 0 Å². The number of rotatable bonds is 1. The summed E-state index contributed by atoms with van der Waals surface area (Å²) in [5.41, 5.74) is 2.52. The first-order valence-electron chi connectivity index (χ1n) is 5.39. The summed E-state index contributed by atoms with van der Waals surface area (Å²) in [6.07, 6.45) is 4.64. The van der Waals surface area contributed by atoms with Gasteiger partial charge in [-0.25, -0.2) is 0 Å². The summed E-state index contributed by atoms with van der Waals surface area (Å²) < 4.78 is 0. The first kappa shape index (κ1) is 10.1. The molecule has 0 spiro atoms. The fourth-order valence-corrected chi connectivity index (χ4v) is 1.93. The van der Waals surface area contributed by atoms with Gasteiger partial charge in [0.1, 0.15) is 0 Å². The predicted molar refractivity (Wildman–Crippen MR) is 58.2 cm³/mol. The molecule has 1 aliphatic heterocycles. The fourth-order valence-electron chi connectivity index (χ4n) is 1.93. The summed E-state index contributed by atoms with van der Waals surface area (Å²) in [4.78, 5) is 17.9. The molecule has 2 heterocycles. The second-order valence-corrected chi connectivity index (χ2v) is 4.31. The lowest BCUT2D eigenvalue weighted by molar-refractivity contribution is -0.135. The second-order valence-electron chi connectivity index (χ2n) is 4.31. The average molecular weight is 204 g/mol. The van der Waals surface area contributed by atoms with Gasteiger partial charge in [0, 0.05) is 31.4 Å². The number of hydrogen-bond acceptors (Lipinski definition) is 2. The molecule has 0 bridgehead atoms. The van der Waals surface area contributed by atoms with E-state index in [0.29, 0.717) is 0 Å². The Labute approximate surface area is 90.1 Å². The van der Waals surface area contributed by atoms with Gasteiger partial charge >= 0.3 is 0 Å². The highest BCUT2D eigenvalue weighted by Gasteiger charge is 2.22. The molecule has 0 unspecified atom stereocenters. The van der Waals surface area contributed by atoms with Crippen molar-refractivity contribution in [1.82, 2.24) is 9.88 Å². The smallest absolute Gasteiger partial charge is 0.225 e. The Hall–Kier alpha value is -1.38. The molecule has 1 amide bonds. The Morgan fingerprint density at radius 3 is 3.00 bits per heavy atom. The summed E-state index contributed by atoms with van der Waals surface area (Å²) in [5.74, 6) is 0.339. The average Bonchev–Trinajstić information content (AvgIpc) is 2.27. The summed E-state index contributed by atoms with van der Waals surface area (Å²) >= 11 is 0. The minimum atomic E-state index is 0.0911. The first-order valence-corrected chi connectivity index (χ1v) is 5.39. The number of fused-ring (bicyclic) bond motifs is 1. The Balaban J connectivity index is 2.15. The first-order chi connectivity index (χ1) is 7.18. The van der Waals surface area contributed by atoms with Gasteiger partial charge in [-0.3, -0.25) is 9.78 Å². The molecule has 1 aromatic heterocycles. The van der Waals surface area contributed by atoms with E-state index in [9.17, 15) is 4.79 Å². The molecule has 3 nitrogen and oxygen atoms in total. The molecule has 0 saturated heterocycles. The minimum Gasteiger partial charge on any atom is -0.338 e.